The van der Waals surface area contributed by atoms with E-state index >= 15 is 4.39 Å². The molecule has 1 atom stereocenters. The second-order valence-electron chi connectivity index (χ2n) is 9.24. The Kier molecular flexibility index (Phi) is 7.00. The normalized spacial score (nSPS) is 23.6. The zero-order valence-corrected chi connectivity index (χ0v) is 18.0. The van der Waals surface area contributed by atoms with E-state index in [-0.39, 0.29) is 11.1 Å². The van der Waals surface area contributed by atoms with Crippen molar-refractivity contribution in [1.82, 2.24) is 0 Å². The molecule has 1 fully saturated rings. The lowest BCUT2D eigenvalue weighted by molar-refractivity contribution is 0.159. The highest BCUT2D eigenvalue weighted by molar-refractivity contribution is 5.66. The van der Waals surface area contributed by atoms with Crippen molar-refractivity contribution >= 4 is 0 Å². The van der Waals surface area contributed by atoms with E-state index in [9.17, 15) is 13.2 Å². The SMILES string of the molecule is COCCCC1CCC(C2CCc3c(ccc(-c4cc(F)c(F)c(F)c4)c3F)C2)CC1. The lowest BCUT2D eigenvalue weighted by atomic mass is 9.69. The monoisotopic (exact) mass is 434 g/mol. The molecule has 31 heavy (non-hydrogen) atoms. The van der Waals surface area contributed by atoms with Crippen LogP contribution in [0.3, 0.4) is 0 Å². The summed E-state index contributed by atoms with van der Waals surface area (Å²) in [5, 5.41) is 0. The van der Waals surface area contributed by atoms with Gasteiger partial charge in [-0.2, -0.15) is 0 Å². The van der Waals surface area contributed by atoms with Gasteiger partial charge in [-0.25, -0.2) is 17.6 Å². The van der Waals surface area contributed by atoms with Crippen molar-refractivity contribution in [2.75, 3.05) is 13.7 Å². The Balaban J connectivity index is 1.44. The van der Waals surface area contributed by atoms with Crippen LogP contribution in [0.25, 0.3) is 11.1 Å². The van der Waals surface area contributed by atoms with Crippen molar-refractivity contribution in [2.45, 2.75) is 57.8 Å². The maximum absolute atomic E-state index is 15.2. The smallest absolute Gasteiger partial charge is 0.194 e. The summed E-state index contributed by atoms with van der Waals surface area (Å²) in [5.41, 5.74) is 1.81. The molecule has 1 nitrogen and oxygen atoms in total. The van der Waals surface area contributed by atoms with Crippen LogP contribution in [-0.2, 0) is 17.6 Å². The highest BCUT2D eigenvalue weighted by Gasteiger charge is 2.31. The van der Waals surface area contributed by atoms with Crippen LogP contribution in [-0.4, -0.2) is 13.7 Å². The summed E-state index contributed by atoms with van der Waals surface area (Å²) in [7, 11) is 1.75. The molecule has 0 bridgehead atoms. The van der Waals surface area contributed by atoms with E-state index in [0.717, 1.165) is 49.5 Å². The van der Waals surface area contributed by atoms with Gasteiger partial charge in [-0.15, -0.1) is 0 Å². The number of halogens is 4. The van der Waals surface area contributed by atoms with Crippen molar-refractivity contribution in [1.29, 1.82) is 0 Å². The molecule has 0 aliphatic heterocycles. The van der Waals surface area contributed by atoms with Crippen LogP contribution in [0.2, 0.25) is 0 Å². The Morgan fingerprint density at radius 2 is 1.58 bits per heavy atom. The minimum atomic E-state index is -1.53. The molecule has 0 heterocycles. The predicted molar refractivity (Wildman–Crippen MR) is 114 cm³/mol. The molecule has 2 aromatic rings. The van der Waals surface area contributed by atoms with Gasteiger partial charge in [0.25, 0.3) is 0 Å². The van der Waals surface area contributed by atoms with Gasteiger partial charge >= 0.3 is 0 Å². The molecular formula is C26H30F4O. The van der Waals surface area contributed by atoms with E-state index in [1.165, 1.54) is 32.1 Å². The maximum Gasteiger partial charge on any atom is 0.194 e. The van der Waals surface area contributed by atoms with Crippen LogP contribution in [0.15, 0.2) is 24.3 Å². The Bertz CT molecular complexity index is 895. The van der Waals surface area contributed by atoms with E-state index in [1.54, 1.807) is 13.2 Å². The molecular weight excluding hydrogens is 404 g/mol. The third-order valence-corrected chi connectivity index (χ3v) is 7.40. The average molecular weight is 435 g/mol. The van der Waals surface area contributed by atoms with Crippen LogP contribution < -0.4 is 0 Å². The Morgan fingerprint density at radius 1 is 0.871 bits per heavy atom. The number of hydrogen-bond donors (Lipinski definition) is 0. The van der Waals surface area contributed by atoms with Gasteiger partial charge < -0.3 is 4.74 Å². The van der Waals surface area contributed by atoms with E-state index in [1.807, 2.05) is 6.07 Å². The fourth-order valence-corrected chi connectivity index (χ4v) is 5.64. The van der Waals surface area contributed by atoms with Crippen LogP contribution >= 0.6 is 0 Å². The molecule has 0 aromatic heterocycles. The number of rotatable bonds is 6. The molecule has 5 heteroatoms. The van der Waals surface area contributed by atoms with E-state index in [2.05, 4.69) is 0 Å². The summed E-state index contributed by atoms with van der Waals surface area (Å²) < 4.78 is 60.9. The first-order valence-corrected chi connectivity index (χ1v) is 11.4. The van der Waals surface area contributed by atoms with Crippen molar-refractivity contribution in [2.24, 2.45) is 17.8 Å². The first-order chi connectivity index (χ1) is 15.0. The van der Waals surface area contributed by atoms with E-state index in [0.29, 0.717) is 23.8 Å². The van der Waals surface area contributed by atoms with E-state index < -0.39 is 23.3 Å². The van der Waals surface area contributed by atoms with Gasteiger partial charge in [-0.05, 0) is 91.5 Å². The number of benzene rings is 2. The number of ether oxygens (including phenoxy) is 1. The highest BCUT2D eigenvalue weighted by atomic mass is 19.2. The third-order valence-electron chi connectivity index (χ3n) is 7.40. The summed E-state index contributed by atoms with van der Waals surface area (Å²) in [5.74, 6) is -2.50. The molecule has 2 aromatic carbocycles. The van der Waals surface area contributed by atoms with Crippen LogP contribution in [0.5, 0.6) is 0 Å². The van der Waals surface area contributed by atoms with Crippen molar-refractivity contribution in [3.63, 3.8) is 0 Å². The minimum Gasteiger partial charge on any atom is -0.385 e. The Labute approximate surface area is 181 Å². The predicted octanol–water partition coefficient (Wildman–Crippen LogP) is 7.25. The molecule has 0 saturated heterocycles. The fraction of sp³-hybridized carbons (Fsp3) is 0.538. The largest absolute Gasteiger partial charge is 0.385 e. The number of hydrogen-bond acceptors (Lipinski definition) is 1. The lowest BCUT2D eigenvalue weighted by Gasteiger charge is -2.36. The molecule has 2 aliphatic carbocycles. The summed E-state index contributed by atoms with van der Waals surface area (Å²) in [6, 6.07) is 5.19. The van der Waals surface area contributed by atoms with Crippen LogP contribution in [0, 0.1) is 41.0 Å². The van der Waals surface area contributed by atoms with Gasteiger partial charge in [-0.1, -0.05) is 25.0 Å². The fourth-order valence-electron chi connectivity index (χ4n) is 5.64. The summed E-state index contributed by atoms with van der Waals surface area (Å²) in [6.45, 7) is 0.837. The summed E-state index contributed by atoms with van der Waals surface area (Å²) >= 11 is 0. The van der Waals surface area contributed by atoms with Gasteiger partial charge in [0.1, 0.15) is 5.82 Å². The Hall–Kier alpha value is -1.88. The molecule has 2 aliphatic rings. The first kappa shape index (κ1) is 22.3. The Morgan fingerprint density at radius 3 is 2.26 bits per heavy atom. The third kappa shape index (κ3) is 4.82. The van der Waals surface area contributed by atoms with Crippen molar-refractivity contribution in [3.05, 3.63) is 58.7 Å². The second-order valence-corrected chi connectivity index (χ2v) is 9.24. The minimum absolute atomic E-state index is 0.0330. The topological polar surface area (TPSA) is 9.23 Å². The molecule has 0 radical (unpaired) electrons. The molecule has 1 saturated carbocycles. The van der Waals surface area contributed by atoms with Gasteiger partial charge in [0.2, 0.25) is 0 Å². The standard InChI is InChI=1S/C26H30F4O/c1-31-12-2-3-16-4-6-17(7-5-16)18-8-10-21-19(13-18)9-11-22(25(21)29)20-14-23(27)26(30)24(28)15-20/h9,11,14-18H,2-8,10,12-13H2,1H3. The van der Waals surface area contributed by atoms with Crippen molar-refractivity contribution < 1.29 is 22.3 Å². The van der Waals surface area contributed by atoms with Gasteiger partial charge in [0.05, 0.1) is 0 Å². The summed E-state index contributed by atoms with van der Waals surface area (Å²) in [6.07, 6.45) is 9.84. The maximum atomic E-state index is 15.2. The first-order valence-electron chi connectivity index (χ1n) is 11.4. The van der Waals surface area contributed by atoms with Crippen LogP contribution in [0.4, 0.5) is 17.6 Å². The molecule has 0 amide bonds. The molecule has 0 spiro atoms. The number of methoxy groups -OCH3 is 1. The zero-order valence-electron chi connectivity index (χ0n) is 18.0. The zero-order chi connectivity index (χ0) is 22.0. The molecule has 4 rings (SSSR count). The van der Waals surface area contributed by atoms with Gasteiger partial charge in [-0.3, -0.25) is 0 Å². The van der Waals surface area contributed by atoms with Gasteiger partial charge in [0.15, 0.2) is 17.5 Å². The summed E-state index contributed by atoms with van der Waals surface area (Å²) in [4.78, 5) is 0. The second kappa shape index (κ2) is 9.72. The number of fused-ring (bicyclic) bond motifs is 1. The lowest BCUT2D eigenvalue weighted by Crippen LogP contribution is -2.27. The average Bonchev–Trinajstić information content (AvgIpc) is 2.78. The molecule has 1 unspecified atom stereocenters. The quantitative estimate of drug-likeness (QED) is 0.264. The van der Waals surface area contributed by atoms with Gasteiger partial charge in [0, 0.05) is 19.3 Å². The molecule has 0 N–H and O–H groups in total. The molecule has 168 valence electrons. The van der Waals surface area contributed by atoms with Crippen LogP contribution in [0.1, 0.15) is 56.1 Å². The highest BCUT2D eigenvalue weighted by Crippen LogP contribution is 2.42. The van der Waals surface area contributed by atoms with Crippen molar-refractivity contribution in [3.8, 4) is 11.1 Å². The van der Waals surface area contributed by atoms with E-state index in [4.69, 9.17) is 4.74 Å².